The average Bonchev–Trinajstić information content (AvgIpc) is 2.79. The SMILES string of the molecule is COc1ccc(NC(=O)N2CCCC(N(CCN3CCCCC3)C(C)=O)C2)cc1OC. The van der Waals surface area contributed by atoms with Crippen molar-refractivity contribution in [3.63, 3.8) is 0 Å². The fourth-order valence-corrected chi connectivity index (χ4v) is 4.54. The van der Waals surface area contributed by atoms with Crippen molar-refractivity contribution in [2.45, 2.75) is 45.1 Å². The fraction of sp³-hybridized carbons (Fsp3) is 0.652. The Morgan fingerprint density at radius 3 is 2.48 bits per heavy atom. The molecule has 2 aliphatic rings. The number of nitrogens with one attached hydrogen (secondary N) is 1. The molecule has 172 valence electrons. The quantitative estimate of drug-likeness (QED) is 0.717. The third-order valence-corrected chi connectivity index (χ3v) is 6.27. The highest BCUT2D eigenvalue weighted by atomic mass is 16.5. The number of urea groups is 1. The van der Waals surface area contributed by atoms with E-state index in [-0.39, 0.29) is 18.0 Å². The van der Waals surface area contributed by atoms with Crippen LogP contribution in [-0.2, 0) is 4.79 Å². The molecule has 2 heterocycles. The summed E-state index contributed by atoms with van der Waals surface area (Å²) in [5, 5.41) is 2.95. The number of hydrogen-bond acceptors (Lipinski definition) is 5. The van der Waals surface area contributed by atoms with Crippen LogP contribution in [0.5, 0.6) is 11.5 Å². The molecule has 2 fully saturated rings. The number of nitrogens with zero attached hydrogens (tertiary/aromatic N) is 3. The molecule has 0 bridgehead atoms. The third-order valence-electron chi connectivity index (χ3n) is 6.27. The van der Waals surface area contributed by atoms with E-state index in [0.717, 1.165) is 39.0 Å². The van der Waals surface area contributed by atoms with Gasteiger partial charge >= 0.3 is 6.03 Å². The van der Waals surface area contributed by atoms with Crippen LogP contribution in [0.1, 0.15) is 39.0 Å². The van der Waals surface area contributed by atoms with Crippen LogP contribution in [-0.4, -0.2) is 86.2 Å². The third kappa shape index (κ3) is 6.26. The van der Waals surface area contributed by atoms with E-state index in [0.29, 0.717) is 30.3 Å². The van der Waals surface area contributed by atoms with Crippen molar-refractivity contribution >= 4 is 17.6 Å². The summed E-state index contributed by atoms with van der Waals surface area (Å²) >= 11 is 0. The lowest BCUT2D eigenvalue weighted by molar-refractivity contribution is -0.132. The second kappa shape index (κ2) is 11.2. The molecule has 0 saturated carbocycles. The van der Waals surface area contributed by atoms with Gasteiger partial charge in [0, 0.05) is 50.9 Å². The Morgan fingerprint density at radius 1 is 1.06 bits per heavy atom. The second-order valence-electron chi connectivity index (χ2n) is 8.36. The standard InChI is InChI=1S/C23H36N4O4/c1-18(28)27(15-14-25-11-5-4-6-12-25)20-8-7-13-26(17-20)23(29)24-19-9-10-21(30-2)22(16-19)31-3/h9-10,16,20H,4-8,11-15,17H2,1-3H3,(H,24,29). The number of carbonyl (C=O) groups is 2. The van der Waals surface area contributed by atoms with Gasteiger partial charge in [-0.1, -0.05) is 6.42 Å². The summed E-state index contributed by atoms with van der Waals surface area (Å²) in [5.74, 6) is 1.27. The monoisotopic (exact) mass is 432 g/mol. The lowest BCUT2D eigenvalue weighted by Gasteiger charge is -2.40. The number of hydrogen-bond donors (Lipinski definition) is 1. The van der Waals surface area contributed by atoms with Gasteiger partial charge in [0.15, 0.2) is 11.5 Å². The maximum absolute atomic E-state index is 12.9. The van der Waals surface area contributed by atoms with Crippen molar-refractivity contribution in [1.29, 1.82) is 0 Å². The minimum Gasteiger partial charge on any atom is -0.493 e. The fourth-order valence-electron chi connectivity index (χ4n) is 4.54. The van der Waals surface area contributed by atoms with Crippen LogP contribution in [0.15, 0.2) is 18.2 Å². The number of amides is 3. The van der Waals surface area contributed by atoms with Crippen molar-refractivity contribution in [1.82, 2.24) is 14.7 Å². The minimum atomic E-state index is -0.156. The molecule has 0 aliphatic carbocycles. The summed E-state index contributed by atoms with van der Waals surface area (Å²) in [6.45, 7) is 6.76. The molecule has 0 spiro atoms. The molecule has 8 nitrogen and oxygen atoms in total. The first-order valence-corrected chi connectivity index (χ1v) is 11.3. The Labute approximate surface area is 185 Å². The number of methoxy groups -OCH3 is 2. The highest BCUT2D eigenvalue weighted by molar-refractivity contribution is 5.90. The predicted molar refractivity (Wildman–Crippen MR) is 121 cm³/mol. The van der Waals surface area contributed by atoms with E-state index in [2.05, 4.69) is 10.2 Å². The van der Waals surface area contributed by atoms with Gasteiger partial charge in [0.2, 0.25) is 5.91 Å². The van der Waals surface area contributed by atoms with E-state index in [1.807, 2.05) is 9.80 Å². The summed E-state index contributed by atoms with van der Waals surface area (Å²) in [6, 6.07) is 5.22. The topological polar surface area (TPSA) is 74.4 Å². The van der Waals surface area contributed by atoms with Crippen LogP contribution < -0.4 is 14.8 Å². The average molecular weight is 433 g/mol. The molecule has 31 heavy (non-hydrogen) atoms. The van der Waals surface area contributed by atoms with Gasteiger partial charge in [-0.15, -0.1) is 0 Å². The Bertz CT molecular complexity index is 751. The van der Waals surface area contributed by atoms with E-state index in [9.17, 15) is 9.59 Å². The zero-order valence-corrected chi connectivity index (χ0v) is 19.1. The zero-order valence-electron chi connectivity index (χ0n) is 19.1. The van der Waals surface area contributed by atoms with Crippen molar-refractivity contribution in [2.75, 3.05) is 58.8 Å². The maximum atomic E-state index is 12.9. The van der Waals surface area contributed by atoms with Crippen LogP contribution in [0, 0.1) is 0 Å². The Kier molecular flexibility index (Phi) is 8.40. The molecular weight excluding hydrogens is 396 g/mol. The van der Waals surface area contributed by atoms with Crippen LogP contribution in [0.25, 0.3) is 0 Å². The molecular formula is C23H36N4O4. The number of anilines is 1. The van der Waals surface area contributed by atoms with Crippen LogP contribution >= 0.6 is 0 Å². The molecule has 2 saturated heterocycles. The molecule has 1 aromatic rings. The molecule has 0 radical (unpaired) electrons. The van der Waals surface area contributed by atoms with E-state index >= 15 is 0 Å². The maximum Gasteiger partial charge on any atom is 0.321 e. The first-order valence-electron chi connectivity index (χ1n) is 11.3. The second-order valence-corrected chi connectivity index (χ2v) is 8.36. The predicted octanol–water partition coefficient (Wildman–Crippen LogP) is 3.03. The van der Waals surface area contributed by atoms with Gasteiger partial charge < -0.3 is 29.5 Å². The normalized spacial score (nSPS) is 19.6. The van der Waals surface area contributed by atoms with Gasteiger partial charge in [0.05, 0.1) is 14.2 Å². The number of piperidine rings is 2. The minimum absolute atomic E-state index is 0.0622. The molecule has 1 unspecified atom stereocenters. The molecule has 8 heteroatoms. The number of likely N-dealkylation sites (tertiary alicyclic amines) is 2. The Morgan fingerprint density at radius 2 is 1.81 bits per heavy atom. The van der Waals surface area contributed by atoms with E-state index in [1.165, 1.54) is 19.3 Å². The van der Waals surface area contributed by atoms with E-state index in [1.54, 1.807) is 39.3 Å². The Hall–Kier alpha value is -2.48. The van der Waals surface area contributed by atoms with Crippen LogP contribution in [0.3, 0.4) is 0 Å². The van der Waals surface area contributed by atoms with Crippen molar-refractivity contribution in [3.05, 3.63) is 18.2 Å². The van der Waals surface area contributed by atoms with Gasteiger partial charge in [-0.25, -0.2) is 4.79 Å². The molecule has 3 rings (SSSR count). The summed E-state index contributed by atoms with van der Waals surface area (Å²) in [7, 11) is 3.15. The van der Waals surface area contributed by atoms with Gasteiger partial charge in [-0.2, -0.15) is 0 Å². The smallest absolute Gasteiger partial charge is 0.321 e. The number of ether oxygens (including phenoxy) is 2. The number of rotatable bonds is 7. The zero-order chi connectivity index (χ0) is 22.2. The van der Waals surface area contributed by atoms with Gasteiger partial charge in [-0.3, -0.25) is 4.79 Å². The number of benzene rings is 1. The summed E-state index contributed by atoms with van der Waals surface area (Å²) in [6.07, 6.45) is 5.61. The van der Waals surface area contributed by atoms with Crippen molar-refractivity contribution < 1.29 is 19.1 Å². The van der Waals surface area contributed by atoms with Crippen LogP contribution in [0.2, 0.25) is 0 Å². The molecule has 1 atom stereocenters. The summed E-state index contributed by atoms with van der Waals surface area (Å²) < 4.78 is 10.6. The first kappa shape index (κ1) is 23.2. The van der Waals surface area contributed by atoms with Gasteiger partial charge in [-0.05, 0) is 50.9 Å². The number of carbonyl (C=O) groups excluding carboxylic acids is 2. The van der Waals surface area contributed by atoms with Crippen molar-refractivity contribution in [2.24, 2.45) is 0 Å². The first-order chi connectivity index (χ1) is 15.0. The van der Waals surface area contributed by atoms with E-state index < -0.39 is 0 Å². The summed E-state index contributed by atoms with van der Waals surface area (Å²) in [5.41, 5.74) is 0.651. The van der Waals surface area contributed by atoms with Crippen LogP contribution in [0.4, 0.5) is 10.5 Å². The van der Waals surface area contributed by atoms with E-state index in [4.69, 9.17) is 9.47 Å². The molecule has 1 aromatic carbocycles. The largest absolute Gasteiger partial charge is 0.493 e. The molecule has 0 aromatic heterocycles. The molecule has 1 N–H and O–H groups in total. The molecule has 2 aliphatic heterocycles. The highest BCUT2D eigenvalue weighted by Gasteiger charge is 2.29. The van der Waals surface area contributed by atoms with Crippen molar-refractivity contribution in [3.8, 4) is 11.5 Å². The summed E-state index contributed by atoms with van der Waals surface area (Å²) in [4.78, 5) is 31.5. The van der Waals surface area contributed by atoms with Gasteiger partial charge in [0.25, 0.3) is 0 Å². The Balaban J connectivity index is 1.58. The highest BCUT2D eigenvalue weighted by Crippen LogP contribution is 2.30. The lowest BCUT2D eigenvalue weighted by Crippen LogP contribution is -2.53. The molecule has 3 amide bonds. The van der Waals surface area contributed by atoms with Gasteiger partial charge in [0.1, 0.15) is 0 Å². The lowest BCUT2D eigenvalue weighted by atomic mass is 10.0.